The van der Waals surface area contributed by atoms with Crippen molar-refractivity contribution in [3.05, 3.63) is 52.5 Å². The van der Waals surface area contributed by atoms with Gasteiger partial charge in [0.25, 0.3) is 0 Å². The zero-order chi connectivity index (χ0) is 18.0. The molecule has 25 heavy (non-hydrogen) atoms. The van der Waals surface area contributed by atoms with Gasteiger partial charge in [0.2, 0.25) is 0 Å². The van der Waals surface area contributed by atoms with Crippen molar-refractivity contribution in [1.29, 1.82) is 5.26 Å². The van der Waals surface area contributed by atoms with E-state index in [-0.39, 0.29) is 0 Å². The van der Waals surface area contributed by atoms with Gasteiger partial charge >= 0.3 is 0 Å². The van der Waals surface area contributed by atoms with Gasteiger partial charge in [-0.3, -0.25) is 0 Å². The fourth-order valence-electron chi connectivity index (χ4n) is 2.33. The van der Waals surface area contributed by atoms with Gasteiger partial charge in [0.15, 0.2) is 5.60 Å². The third-order valence-electron chi connectivity index (χ3n) is 3.57. The average Bonchev–Trinajstić information content (AvgIpc) is 3.04. The summed E-state index contributed by atoms with van der Waals surface area (Å²) < 4.78 is 6.77. The molecule has 0 bridgehead atoms. The Bertz CT molecular complexity index is 959. The summed E-state index contributed by atoms with van der Waals surface area (Å²) in [4.78, 5) is 0. The quantitative estimate of drug-likeness (QED) is 0.556. The summed E-state index contributed by atoms with van der Waals surface area (Å²) >= 11 is 5.01. The summed E-state index contributed by atoms with van der Waals surface area (Å²) in [5.74, 6) is 0.639. The highest BCUT2D eigenvalue weighted by Crippen LogP contribution is 2.34. The van der Waals surface area contributed by atoms with Gasteiger partial charge in [-0.25, -0.2) is 0 Å². The van der Waals surface area contributed by atoms with Crippen molar-refractivity contribution in [2.24, 2.45) is 0 Å². The first-order chi connectivity index (χ1) is 11.9. The van der Waals surface area contributed by atoms with Crippen molar-refractivity contribution in [2.45, 2.75) is 26.4 Å². The van der Waals surface area contributed by atoms with Gasteiger partial charge in [0, 0.05) is 15.6 Å². The number of hydrogen-bond acceptors (Lipinski definition) is 5. The van der Waals surface area contributed by atoms with Crippen molar-refractivity contribution in [3.63, 3.8) is 0 Å². The zero-order valence-corrected chi connectivity index (χ0v) is 16.5. The van der Waals surface area contributed by atoms with Gasteiger partial charge in [-0.15, -0.1) is 10.2 Å². The molecule has 0 radical (unpaired) electrons. The van der Waals surface area contributed by atoms with E-state index in [0.29, 0.717) is 5.75 Å². The molecule has 0 saturated carbocycles. The van der Waals surface area contributed by atoms with Gasteiger partial charge in [-0.2, -0.15) is 5.26 Å². The highest BCUT2D eigenvalue weighted by atomic mass is 79.9. The minimum atomic E-state index is -0.876. The smallest absolute Gasteiger partial charge is 0.188 e. The molecule has 2 aromatic carbocycles. The van der Waals surface area contributed by atoms with Crippen molar-refractivity contribution in [2.75, 3.05) is 0 Å². The lowest BCUT2D eigenvalue weighted by atomic mass is 10.1. The van der Waals surface area contributed by atoms with Gasteiger partial charge in [0.05, 0.1) is 0 Å². The Labute approximate surface area is 159 Å². The summed E-state index contributed by atoms with van der Waals surface area (Å²) in [6, 6.07) is 15.8. The van der Waals surface area contributed by atoms with Crippen LogP contribution in [-0.2, 0) is 0 Å². The Balaban J connectivity index is 1.91. The van der Waals surface area contributed by atoms with Crippen LogP contribution in [-0.4, -0.2) is 15.8 Å². The molecule has 0 aliphatic rings. The normalized spacial score (nSPS) is 11.2. The number of rotatable bonds is 4. The van der Waals surface area contributed by atoms with Crippen LogP contribution in [0.2, 0.25) is 0 Å². The molecule has 0 amide bonds. The molecule has 0 atom stereocenters. The molecule has 3 rings (SSSR count). The summed E-state index contributed by atoms with van der Waals surface area (Å²) in [5.41, 5.74) is 2.26. The van der Waals surface area contributed by atoms with Crippen molar-refractivity contribution in [1.82, 2.24) is 10.2 Å². The van der Waals surface area contributed by atoms with Crippen molar-refractivity contribution >= 4 is 27.3 Å². The van der Waals surface area contributed by atoms with Gasteiger partial charge < -0.3 is 4.74 Å². The number of aromatic nitrogens is 2. The molecule has 0 unspecified atom stereocenters. The molecule has 6 heteroatoms. The largest absolute Gasteiger partial charge is 0.473 e. The third kappa shape index (κ3) is 4.06. The van der Waals surface area contributed by atoms with Crippen LogP contribution in [0.1, 0.15) is 19.4 Å². The maximum atomic E-state index is 9.12. The van der Waals surface area contributed by atoms with Crippen LogP contribution in [0.25, 0.3) is 21.1 Å². The minimum absolute atomic E-state index is 0.639. The molecule has 0 N–H and O–H groups in total. The van der Waals surface area contributed by atoms with Gasteiger partial charge in [0.1, 0.15) is 21.8 Å². The number of hydrogen-bond donors (Lipinski definition) is 0. The predicted octanol–water partition coefficient (Wildman–Crippen LogP) is 5.62. The average molecular weight is 414 g/mol. The van der Waals surface area contributed by atoms with E-state index < -0.39 is 5.60 Å². The van der Waals surface area contributed by atoms with E-state index in [1.165, 1.54) is 11.3 Å². The maximum Gasteiger partial charge on any atom is 0.188 e. The monoisotopic (exact) mass is 413 g/mol. The number of ether oxygens (including phenoxy) is 1. The SMILES string of the molecule is Cc1cc(Br)ccc1-c1nnc(-c2cccc(OC(C)(C)C#N)c2)s1. The summed E-state index contributed by atoms with van der Waals surface area (Å²) in [6.07, 6.45) is 0. The van der Waals surface area contributed by atoms with Crippen molar-refractivity contribution in [3.8, 4) is 33.0 Å². The topological polar surface area (TPSA) is 58.8 Å². The van der Waals surface area contributed by atoms with Crippen LogP contribution < -0.4 is 4.74 Å². The van der Waals surface area contributed by atoms with Crippen LogP contribution in [0, 0.1) is 18.3 Å². The lowest BCUT2D eigenvalue weighted by Crippen LogP contribution is -2.25. The van der Waals surface area contributed by atoms with Gasteiger partial charge in [-0.05, 0) is 50.6 Å². The molecule has 1 heterocycles. The van der Waals surface area contributed by atoms with E-state index in [0.717, 1.165) is 31.2 Å². The predicted molar refractivity (Wildman–Crippen MR) is 104 cm³/mol. The molecular weight excluding hydrogens is 398 g/mol. The van der Waals surface area contributed by atoms with E-state index >= 15 is 0 Å². The van der Waals surface area contributed by atoms with Crippen LogP contribution in [0.3, 0.4) is 0 Å². The number of benzene rings is 2. The lowest BCUT2D eigenvalue weighted by Gasteiger charge is -2.18. The first kappa shape index (κ1) is 17.6. The van der Waals surface area contributed by atoms with Crippen LogP contribution in [0.15, 0.2) is 46.9 Å². The maximum absolute atomic E-state index is 9.12. The van der Waals surface area contributed by atoms with Crippen LogP contribution in [0.4, 0.5) is 0 Å². The Hall–Kier alpha value is -2.23. The van der Waals surface area contributed by atoms with Gasteiger partial charge in [-0.1, -0.05) is 45.5 Å². The van der Waals surface area contributed by atoms with E-state index in [1.807, 2.05) is 36.4 Å². The number of halogens is 1. The summed E-state index contributed by atoms with van der Waals surface area (Å²) in [6.45, 7) is 5.53. The zero-order valence-electron chi connectivity index (χ0n) is 14.1. The highest BCUT2D eigenvalue weighted by molar-refractivity contribution is 9.10. The number of nitrogens with zero attached hydrogens (tertiary/aromatic N) is 3. The lowest BCUT2D eigenvalue weighted by molar-refractivity contribution is 0.170. The molecule has 0 fully saturated rings. The van der Waals surface area contributed by atoms with Crippen molar-refractivity contribution < 1.29 is 4.74 Å². The Morgan fingerprint density at radius 3 is 2.60 bits per heavy atom. The summed E-state index contributed by atoms with van der Waals surface area (Å²) in [5, 5.41) is 19.5. The van der Waals surface area contributed by atoms with Crippen LogP contribution in [0.5, 0.6) is 5.75 Å². The molecular formula is C19H16BrN3OS. The van der Waals surface area contributed by atoms with E-state index in [2.05, 4.69) is 45.2 Å². The Kier molecular flexibility index (Phi) is 4.89. The Morgan fingerprint density at radius 2 is 1.88 bits per heavy atom. The molecule has 3 aromatic rings. The van der Waals surface area contributed by atoms with E-state index in [1.54, 1.807) is 13.8 Å². The molecule has 4 nitrogen and oxygen atoms in total. The number of aryl methyl sites for hydroxylation is 1. The van der Waals surface area contributed by atoms with E-state index in [4.69, 9.17) is 10.00 Å². The number of nitriles is 1. The standard InChI is InChI=1S/C19H16BrN3OS/c1-12-9-14(20)7-8-16(12)18-23-22-17(25-18)13-5-4-6-15(10-13)24-19(2,3)11-21/h4-10H,1-3H3. The second-order valence-electron chi connectivity index (χ2n) is 6.12. The van der Waals surface area contributed by atoms with Crippen LogP contribution >= 0.6 is 27.3 Å². The molecule has 0 spiro atoms. The van der Waals surface area contributed by atoms with E-state index in [9.17, 15) is 0 Å². The molecule has 0 aliphatic heterocycles. The third-order valence-corrected chi connectivity index (χ3v) is 5.07. The minimum Gasteiger partial charge on any atom is -0.473 e. The highest BCUT2D eigenvalue weighted by Gasteiger charge is 2.19. The molecule has 126 valence electrons. The second-order valence-corrected chi connectivity index (χ2v) is 8.02. The Morgan fingerprint density at radius 1 is 1.12 bits per heavy atom. The first-order valence-electron chi connectivity index (χ1n) is 7.69. The summed E-state index contributed by atoms with van der Waals surface area (Å²) in [7, 11) is 0. The second kappa shape index (κ2) is 6.95. The fraction of sp³-hybridized carbons (Fsp3) is 0.211. The molecule has 0 aliphatic carbocycles. The molecule has 0 saturated heterocycles. The first-order valence-corrected chi connectivity index (χ1v) is 9.30. The molecule has 1 aromatic heterocycles. The fourth-order valence-corrected chi connectivity index (χ4v) is 3.73.